The van der Waals surface area contributed by atoms with Crippen molar-refractivity contribution < 1.29 is 0 Å². The fraction of sp³-hybridized carbons (Fsp3) is 0.357. The molecule has 1 aromatic carbocycles. The molecule has 0 aliphatic carbocycles. The van der Waals surface area contributed by atoms with Crippen LogP contribution < -0.4 is 4.90 Å². The van der Waals surface area contributed by atoms with Crippen LogP contribution >= 0.6 is 11.3 Å². The monoisotopic (exact) mass is 244 g/mol. The van der Waals surface area contributed by atoms with E-state index in [9.17, 15) is 0 Å². The molecule has 1 aromatic heterocycles. The van der Waals surface area contributed by atoms with Crippen molar-refractivity contribution in [2.75, 3.05) is 18.0 Å². The van der Waals surface area contributed by atoms with Gasteiger partial charge in [0.25, 0.3) is 0 Å². The quantitative estimate of drug-likeness (QED) is 0.803. The van der Waals surface area contributed by atoms with Crippen molar-refractivity contribution in [2.24, 2.45) is 0 Å². The van der Waals surface area contributed by atoms with Crippen molar-refractivity contribution in [2.45, 2.75) is 18.8 Å². The van der Waals surface area contributed by atoms with Crippen LogP contribution in [0.2, 0.25) is 0 Å². The van der Waals surface area contributed by atoms with Gasteiger partial charge in [-0.3, -0.25) is 0 Å². The van der Waals surface area contributed by atoms with Gasteiger partial charge in [0.05, 0.1) is 5.51 Å². The Kier molecular flexibility index (Phi) is 3.10. The number of rotatable bonds is 2. The molecule has 1 atom stereocenters. The van der Waals surface area contributed by atoms with E-state index >= 15 is 0 Å². The highest BCUT2D eigenvalue weighted by Crippen LogP contribution is 2.29. The molecule has 0 N–H and O–H groups in total. The van der Waals surface area contributed by atoms with Gasteiger partial charge in [-0.15, -0.1) is 11.3 Å². The average Bonchev–Trinajstić information content (AvgIpc) is 2.94. The maximum Gasteiger partial charge on any atom is 0.139 e. The summed E-state index contributed by atoms with van der Waals surface area (Å²) in [7, 11) is 0. The Balaban J connectivity index is 1.76. The van der Waals surface area contributed by atoms with E-state index in [1.165, 1.54) is 18.4 Å². The molecule has 0 radical (unpaired) electrons. The number of thiazole rings is 1. The highest BCUT2D eigenvalue weighted by molar-refractivity contribution is 7.07. The zero-order chi connectivity index (χ0) is 11.5. The Bertz CT molecular complexity index is 452. The largest absolute Gasteiger partial charge is 0.355 e. The Morgan fingerprint density at radius 1 is 1.24 bits per heavy atom. The lowest BCUT2D eigenvalue weighted by molar-refractivity contribution is 0.508. The molecule has 1 aliphatic heterocycles. The average molecular weight is 244 g/mol. The van der Waals surface area contributed by atoms with Crippen LogP contribution in [0.3, 0.4) is 0 Å². The van der Waals surface area contributed by atoms with Crippen molar-refractivity contribution in [1.82, 2.24) is 4.98 Å². The first-order chi connectivity index (χ1) is 8.43. The topological polar surface area (TPSA) is 16.1 Å². The predicted octanol–water partition coefficient (Wildman–Crippen LogP) is 3.53. The number of aromatic nitrogens is 1. The third kappa shape index (κ3) is 2.34. The Morgan fingerprint density at radius 2 is 2.12 bits per heavy atom. The zero-order valence-electron chi connectivity index (χ0n) is 9.75. The fourth-order valence-corrected chi connectivity index (χ4v) is 3.11. The summed E-state index contributed by atoms with van der Waals surface area (Å²) in [5, 5.41) is 2.15. The molecule has 0 amide bonds. The summed E-state index contributed by atoms with van der Waals surface area (Å²) in [4.78, 5) is 6.83. The maximum atomic E-state index is 4.41. The summed E-state index contributed by atoms with van der Waals surface area (Å²) < 4.78 is 0. The van der Waals surface area contributed by atoms with Crippen molar-refractivity contribution >= 4 is 17.2 Å². The summed E-state index contributed by atoms with van der Waals surface area (Å²) >= 11 is 1.68. The standard InChI is InChI=1S/C14H16N2S/c1-2-5-12(6-3-1)13-7-4-8-16(9-13)14-10-17-11-15-14/h1-3,5-6,10-11,13H,4,7-9H2. The summed E-state index contributed by atoms with van der Waals surface area (Å²) in [5.74, 6) is 1.81. The second kappa shape index (κ2) is 4.88. The molecule has 3 rings (SSSR count). The highest BCUT2D eigenvalue weighted by Gasteiger charge is 2.22. The normalized spacial score (nSPS) is 20.5. The molecule has 1 saturated heterocycles. The molecule has 1 fully saturated rings. The van der Waals surface area contributed by atoms with E-state index in [0.717, 1.165) is 18.9 Å². The van der Waals surface area contributed by atoms with Crippen molar-refractivity contribution in [3.63, 3.8) is 0 Å². The molecule has 2 nitrogen and oxygen atoms in total. The number of benzene rings is 1. The van der Waals surface area contributed by atoms with Gasteiger partial charge in [0.1, 0.15) is 5.82 Å². The van der Waals surface area contributed by atoms with E-state index in [0.29, 0.717) is 5.92 Å². The van der Waals surface area contributed by atoms with E-state index in [2.05, 4.69) is 45.6 Å². The molecule has 0 spiro atoms. The van der Waals surface area contributed by atoms with Crippen LogP contribution in [-0.2, 0) is 0 Å². The second-order valence-corrected chi connectivity index (χ2v) is 5.26. The summed E-state index contributed by atoms with van der Waals surface area (Å²) in [6.07, 6.45) is 2.56. The predicted molar refractivity (Wildman–Crippen MR) is 72.7 cm³/mol. The highest BCUT2D eigenvalue weighted by atomic mass is 32.1. The molecule has 1 aliphatic rings. The van der Waals surface area contributed by atoms with Gasteiger partial charge in [0.15, 0.2) is 0 Å². The molecule has 2 aromatic rings. The number of nitrogens with zero attached hydrogens (tertiary/aromatic N) is 2. The number of hydrogen-bond acceptors (Lipinski definition) is 3. The first kappa shape index (κ1) is 10.8. The van der Waals surface area contributed by atoms with E-state index in [-0.39, 0.29) is 0 Å². The minimum absolute atomic E-state index is 0.659. The zero-order valence-corrected chi connectivity index (χ0v) is 10.6. The van der Waals surface area contributed by atoms with Gasteiger partial charge in [-0.05, 0) is 18.4 Å². The summed E-state index contributed by atoms with van der Waals surface area (Å²) in [6, 6.07) is 10.9. The van der Waals surface area contributed by atoms with Gasteiger partial charge in [0.2, 0.25) is 0 Å². The summed E-state index contributed by atoms with van der Waals surface area (Å²) in [5.41, 5.74) is 3.38. The van der Waals surface area contributed by atoms with E-state index in [1.807, 2.05) is 5.51 Å². The van der Waals surface area contributed by atoms with Crippen LogP contribution in [0.5, 0.6) is 0 Å². The molecular formula is C14H16N2S. The minimum atomic E-state index is 0.659. The number of hydrogen-bond donors (Lipinski definition) is 0. The molecule has 0 saturated carbocycles. The third-order valence-corrected chi connectivity index (χ3v) is 4.01. The molecule has 0 bridgehead atoms. The molecule has 1 unspecified atom stereocenters. The number of anilines is 1. The van der Waals surface area contributed by atoms with Crippen molar-refractivity contribution in [1.29, 1.82) is 0 Å². The smallest absolute Gasteiger partial charge is 0.139 e. The van der Waals surface area contributed by atoms with Gasteiger partial charge in [0, 0.05) is 24.4 Å². The lowest BCUT2D eigenvalue weighted by Crippen LogP contribution is -2.34. The van der Waals surface area contributed by atoms with E-state index in [1.54, 1.807) is 11.3 Å². The van der Waals surface area contributed by atoms with Gasteiger partial charge in [-0.25, -0.2) is 4.98 Å². The maximum absolute atomic E-state index is 4.41. The van der Waals surface area contributed by atoms with Gasteiger partial charge >= 0.3 is 0 Å². The van der Waals surface area contributed by atoms with E-state index in [4.69, 9.17) is 0 Å². The summed E-state index contributed by atoms with van der Waals surface area (Å²) in [6.45, 7) is 2.25. The van der Waals surface area contributed by atoms with Gasteiger partial charge in [-0.1, -0.05) is 30.3 Å². The molecule has 17 heavy (non-hydrogen) atoms. The Labute approximate surface area is 106 Å². The minimum Gasteiger partial charge on any atom is -0.355 e. The van der Waals surface area contributed by atoms with Crippen LogP contribution in [0.15, 0.2) is 41.2 Å². The molecule has 3 heteroatoms. The van der Waals surface area contributed by atoms with Crippen LogP contribution in [0.4, 0.5) is 5.82 Å². The SMILES string of the molecule is c1ccc(C2CCCN(c3cscn3)C2)cc1. The first-order valence-electron chi connectivity index (χ1n) is 6.11. The molecule has 88 valence electrons. The van der Waals surface area contributed by atoms with Crippen molar-refractivity contribution in [3.8, 4) is 0 Å². The van der Waals surface area contributed by atoms with Crippen LogP contribution in [0, 0.1) is 0 Å². The van der Waals surface area contributed by atoms with Crippen LogP contribution in [0.1, 0.15) is 24.3 Å². The Morgan fingerprint density at radius 3 is 2.88 bits per heavy atom. The van der Waals surface area contributed by atoms with Crippen LogP contribution in [0.25, 0.3) is 0 Å². The van der Waals surface area contributed by atoms with Crippen LogP contribution in [-0.4, -0.2) is 18.1 Å². The second-order valence-electron chi connectivity index (χ2n) is 4.54. The molecule has 2 heterocycles. The van der Waals surface area contributed by atoms with Crippen molar-refractivity contribution in [3.05, 3.63) is 46.8 Å². The van der Waals surface area contributed by atoms with E-state index < -0.39 is 0 Å². The van der Waals surface area contributed by atoms with Gasteiger partial charge < -0.3 is 4.90 Å². The fourth-order valence-electron chi connectivity index (χ4n) is 2.54. The lowest BCUT2D eigenvalue weighted by Gasteiger charge is -2.33. The first-order valence-corrected chi connectivity index (χ1v) is 7.06. The third-order valence-electron chi connectivity index (χ3n) is 3.44. The molecular weight excluding hydrogens is 228 g/mol. The lowest BCUT2D eigenvalue weighted by atomic mass is 9.91. The Hall–Kier alpha value is -1.35. The van der Waals surface area contributed by atoms with Gasteiger partial charge in [-0.2, -0.15) is 0 Å². The number of piperidine rings is 1.